The number of ether oxygens (including phenoxy) is 9. The number of benzene rings is 1. The molecule has 0 saturated heterocycles. The van der Waals surface area contributed by atoms with Crippen LogP contribution in [0.4, 0.5) is 0 Å². The Kier molecular flexibility index (Phi) is 25.5. The zero-order valence-corrected chi connectivity index (χ0v) is 21.6. The molecule has 0 atom stereocenters. The highest BCUT2D eigenvalue weighted by molar-refractivity contribution is 6.17. The molecule has 1 aromatic rings. The molecule has 0 bridgehead atoms. The molecule has 1 rings (SSSR count). The van der Waals surface area contributed by atoms with E-state index >= 15 is 0 Å². The number of alkyl halides is 1. The number of hydrogen-bond donors (Lipinski definition) is 0. The largest absolute Gasteiger partial charge is 0.378 e. The van der Waals surface area contributed by atoms with Crippen molar-refractivity contribution < 1.29 is 42.6 Å². The standard InChI is InChI=1S/C25H43ClO9/c26-6-7-27-8-9-28-10-11-29-12-13-30-14-15-31-16-17-32-18-19-33-20-21-34-22-23-35-24-25-4-2-1-3-5-25/h1-5H,6-24H2. The van der Waals surface area contributed by atoms with Gasteiger partial charge in [-0.3, -0.25) is 0 Å². The van der Waals surface area contributed by atoms with Crippen LogP contribution in [0.1, 0.15) is 5.56 Å². The van der Waals surface area contributed by atoms with Crippen molar-refractivity contribution in [2.75, 3.05) is 118 Å². The molecular weight excluding hydrogens is 480 g/mol. The Bertz CT molecular complexity index is 525. The van der Waals surface area contributed by atoms with Gasteiger partial charge in [-0.05, 0) is 5.56 Å². The Hall–Kier alpha value is -0.850. The number of halogens is 1. The molecule has 0 aliphatic heterocycles. The fourth-order valence-electron chi connectivity index (χ4n) is 2.58. The van der Waals surface area contributed by atoms with Crippen LogP contribution in [0, 0.1) is 0 Å². The van der Waals surface area contributed by atoms with Crippen LogP contribution in [0.5, 0.6) is 0 Å². The summed E-state index contributed by atoms with van der Waals surface area (Å²) >= 11 is 5.50. The minimum atomic E-state index is 0.502. The van der Waals surface area contributed by atoms with Gasteiger partial charge in [-0.2, -0.15) is 0 Å². The van der Waals surface area contributed by atoms with E-state index in [0.29, 0.717) is 125 Å². The number of hydrogen-bond acceptors (Lipinski definition) is 9. The first-order valence-corrected chi connectivity index (χ1v) is 12.8. The fraction of sp³-hybridized carbons (Fsp3) is 0.760. The van der Waals surface area contributed by atoms with Crippen LogP contribution in [-0.2, 0) is 49.2 Å². The highest BCUT2D eigenvalue weighted by atomic mass is 35.5. The Labute approximate surface area is 215 Å². The van der Waals surface area contributed by atoms with E-state index < -0.39 is 0 Å². The molecule has 0 amide bonds. The normalized spacial score (nSPS) is 11.3. The summed E-state index contributed by atoms with van der Waals surface area (Å²) in [4.78, 5) is 0. The molecule has 0 aliphatic carbocycles. The summed E-state index contributed by atoms with van der Waals surface area (Å²) in [6, 6.07) is 10.1. The van der Waals surface area contributed by atoms with E-state index in [1.807, 2.05) is 30.3 Å². The molecule has 1 aromatic carbocycles. The van der Waals surface area contributed by atoms with Crippen molar-refractivity contribution in [1.29, 1.82) is 0 Å². The summed E-state index contributed by atoms with van der Waals surface area (Å²) < 4.78 is 48.8. The van der Waals surface area contributed by atoms with Crippen LogP contribution >= 0.6 is 11.6 Å². The van der Waals surface area contributed by atoms with E-state index in [1.165, 1.54) is 0 Å². The Morgan fingerprint density at radius 2 is 0.657 bits per heavy atom. The maximum atomic E-state index is 5.55. The van der Waals surface area contributed by atoms with Crippen molar-refractivity contribution in [3.63, 3.8) is 0 Å². The maximum Gasteiger partial charge on any atom is 0.0718 e. The van der Waals surface area contributed by atoms with Gasteiger partial charge in [0.2, 0.25) is 0 Å². The summed E-state index contributed by atoms with van der Waals surface area (Å²) in [6.45, 7) is 9.76. The average Bonchev–Trinajstić information content (AvgIpc) is 2.89. The zero-order chi connectivity index (χ0) is 24.9. The van der Waals surface area contributed by atoms with Gasteiger partial charge in [-0.25, -0.2) is 0 Å². The van der Waals surface area contributed by atoms with Gasteiger partial charge in [0.25, 0.3) is 0 Å². The average molecular weight is 523 g/mol. The first-order chi connectivity index (χ1) is 17.4. The van der Waals surface area contributed by atoms with Crippen LogP contribution in [-0.4, -0.2) is 118 Å². The molecule has 0 heterocycles. The topological polar surface area (TPSA) is 83.1 Å². The van der Waals surface area contributed by atoms with Crippen molar-refractivity contribution in [2.45, 2.75) is 6.61 Å². The van der Waals surface area contributed by atoms with Crippen LogP contribution in [0.2, 0.25) is 0 Å². The quantitative estimate of drug-likeness (QED) is 0.122. The molecule has 0 fully saturated rings. The smallest absolute Gasteiger partial charge is 0.0718 e. The summed E-state index contributed by atoms with van der Waals surface area (Å²) in [5, 5.41) is 0. The van der Waals surface area contributed by atoms with Crippen molar-refractivity contribution in [3.05, 3.63) is 35.9 Å². The van der Waals surface area contributed by atoms with Crippen molar-refractivity contribution in [2.24, 2.45) is 0 Å². The Balaban J connectivity index is 1.63. The summed E-state index contributed by atoms with van der Waals surface area (Å²) in [6.07, 6.45) is 0. The van der Waals surface area contributed by atoms with Crippen LogP contribution in [0.15, 0.2) is 30.3 Å². The predicted molar refractivity (Wildman–Crippen MR) is 133 cm³/mol. The van der Waals surface area contributed by atoms with Gasteiger partial charge in [0, 0.05) is 5.88 Å². The van der Waals surface area contributed by atoms with Gasteiger partial charge in [0.15, 0.2) is 0 Å². The third kappa shape index (κ3) is 24.6. The molecule has 0 radical (unpaired) electrons. The molecule has 0 aliphatic rings. The Morgan fingerprint density at radius 1 is 0.371 bits per heavy atom. The Morgan fingerprint density at radius 3 is 0.971 bits per heavy atom. The van der Waals surface area contributed by atoms with Gasteiger partial charge < -0.3 is 42.6 Å². The summed E-state index contributed by atoms with van der Waals surface area (Å²) in [7, 11) is 0. The lowest BCUT2D eigenvalue weighted by molar-refractivity contribution is -0.0251. The summed E-state index contributed by atoms with van der Waals surface area (Å²) in [5.41, 5.74) is 1.16. The fourth-order valence-corrected chi connectivity index (χ4v) is 2.69. The molecule has 0 N–H and O–H groups in total. The molecule has 0 aromatic heterocycles. The zero-order valence-electron chi connectivity index (χ0n) is 20.9. The van der Waals surface area contributed by atoms with Crippen LogP contribution in [0.3, 0.4) is 0 Å². The first kappa shape index (κ1) is 32.2. The van der Waals surface area contributed by atoms with Crippen molar-refractivity contribution in [1.82, 2.24) is 0 Å². The number of rotatable bonds is 28. The van der Waals surface area contributed by atoms with E-state index in [-0.39, 0.29) is 0 Å². The van der Waals surface area contributed by atoms with Gasteiger partial charge in [-0.1, -0.05) is 30.3 Å². The molecule has 204 valence electrons. The first-order valence-electron chi connectivity index (χ1n) is 12.2. The molecule has 35 heavy (non-hydrogen) atoms. The third-order valence-electron chi connectivity index (χ3n) is 4.31. The van der Waals surface area contributed by atoms with Crippen molar-refractivity contribution >= 4 is 11.6 Å². The molecule has 0 unspecified atom stereocenters. The predicted octanol–water partition coefficient (Wildman–Crippen LogP) is 2.57. The second kappa shape index (κ2) is 27.7. The van der Waals surface area contributed by atoms with Crippen molar-refractivity contribution in [3.8, 4) is 0 Å². The lowest BCUT2D eigenvalue weighted by Crippen LogP contribution is -2.15. The van der Waals surface area contributed by atoms with E-state index in [1.54, 1.807) is 0 Å². The SMILES string of the molecule is ClCCOCCOCCOCCOCCOCCOCCOCCOCCOCc1ccccc1. The minimum Gasteiger partial charge on any atom is -0.378 e. The lowest BCUT2D eigenvalue weighted by atomic mass is 10.2. The second-order valence-electron chi connectivity index (χ2n) is 7.13. The summed E-state index contributed by atoms with van der Waals surface area (Å²) in [5.74, 6) is 0.502. The van der Waals surface area contributed by atoms with Crippen LogP contribution in [0.25, 0.3) is 0 Å². The molecule has 0 saturated carbocycles. The van der Waals surface area contributed by atoms with E-state index in [4.69, 9.17) is 54.2 Å². The minimum absolute atomic E-state index is 0.502. The molecule has 0 spiro atoms. The van der Waals surface area contributed by atoms with Gasteiger partial charge in [0.05, 0.1) is 119 Å². The van der Waals surface area contributed by atoms with Gasteiger partial charge >= 0.3 is 0 Å². The third-order valence-corrected chi connectivity index (χ3v) is 4.46. The monoisotopic (exact) mass is 522 g/mol. The second-order valence-corrected chi connectivity index (χ2v) is 7.50. The maximum absolute atomic E-state index is 5.55. The molecule has 9 nitrogen and oxygen atoms in total. The highest BCUT2D eigenvalue weighted by Gasteiger charge is 1.96. The molecule has 10 heteroatoms. The lowest BCUT2D eigenvalue weighted by Gasteiger charge is -2.09. The van der Waals surface area contributed by atoms with Crippen LogP contribution < -0.4 is 0 Å². The van der Waals surface area contributed by atoms with Gasteiger partial charge in [0.1, 0.15) is 0 Å². The molecular formula is C25H43ClO9. The van der Waals surface area contributed by atoms with E-state index in [9.17, 15) is 0 Å². The van der Waals surface area contributed by atoms with Gasteiger partial charge in [-0.15, -0.1) is 11.6 Å². The van der Waals surface area contributed by atoms with E-state index in [2.05, 4.69) is 0 Å². The highest BCUT2D eigenvalue weighted by Crippen LogP contribution is 2.00. The van der Waals surface area contributed by atoms with E-state index in [0.717, 1.165) is 5.56 Å².